The Morgan fingerprint density at radius 1 is 1.32 bits per heavy atom. The fourth-order valence-corrected chi connectivity index (χ4v) is 2.09. The molecule has 0 saturated carbocycles. The molecule has 22 heavy (non-hydrogen) atoms. The minimum atomic E-state index is -0.582. The monoisotopic (exact) mass is 302 g/mol. The quantitative estimate of drug-likeness (QED) is 0.478. The summed E-state index contributed by atoms with van der Waals surface area (Å²) in [6.07, 6.45) is 0. The van der Waals surface area contributed by atoms with Crippen molar-refractivity contribution in [2.75, 3.05) is 7.11 Å². The van der Waals surface area contributed by atoms with Crippen LogP contribution in [0.5, 0.6) is 5.75 Å². The number of carbonyl (C=O) groups is 1. The first-order valence-electron chi connectivity index (χ1n) is 6.46. The highest BCUT2D eigenvalue weighted by Crippen LogP contribution is 2.17. The third-order valence-electron chi connectivity index (χ3n) is 3.32. The first-order valence-corrected chi connectivity index (χ1v) is 6.46. The normalized spacial score (nSPS) is 10.3. The Kier molecular flexibility index (Phi) is 4.36. The maximum absolute atomic E-state index is 12.3. The summed E-state index contributed by atoms with van der Waals surface area (Å²) in [6.45, 7) is 1.18. The topological polar surface area (TPSA) is 91.4 Å². The van der Waals surface area contributed by atoms with Crippen LogP contribution in [-0.4, -0.2) is 22.4 Å². The molecule has 1 heterocycles. The molecule has 7 heteroatoms. The molecule has 0 radical (unpaired) electrons. The van der Waals surface area contributed by atoms with Gasteiger partial charge in [-0.25, -0.2) is 0 Å². The number of rotatable bonds is 5. The second-order valence-electron chi connectivity index (χ2n) is 4.64. The van der Waals surface area contributed by atoms with Gasteiger partial charge in [-0.15, -0.1) is 0 Å². The maximum Gasteiger partial charge on any atom is 0.288 e. The van der Waals surface area contributed by atoms with E-state index in [4.69, 9.17) is 4.74 Å². The smallest absolute Gasteiger partial charge is 0.288 e. The second kappa shape index (κ2) is 6.21. The fourth-order valence-electron chi connectivity index (χ4n) is 2.09. The molecule has 0 saturated heterocycles. The Morgan fingerprint density at radius 2 is 2.05 bits per heavy atom. The number of Topliss-reactive ketones (excluding diaryl/α,β-unsaturated/α-hetero) is 1. The van der Waals surface area contributed by atoms with Gasteiger partial charge < -0.3 is 4.74 Å². The molecule has 0 aliphatic rings. The Bertz CT molecular complexity index is 795. The molecule has 0 fully saturated rings. The third-order valence-corrected chi connectivity index (χ3v) is 3.32. The lowest BCUT2D eigenvalue weighted by molar-refractivity contribution is -0.386. The number of aromatic nitrogens is 1. The van der Waals surface area contributed by atoms with Gasteiger partial charge in [0.05, 0.1) is 24.3 Å². The van der Waals surface area contributed by atoms with Crippen LogP contribution in [0, 0.1) is 17.0 Å². The molecule has 0 atom stereocenters. The first-order chi connectivity index (χ1) is 10.4. The molecule has 2 aromatic rings. The summed E-state index contributed by atoms with van der Waals surface area (Å²) in [5, 5.41) is 10.9. The molecule has 7 nitrogen and oxygen atoms in total. The molecule has 0 bridgehead atoms. The van der Waals surface area contributed by atoms with E-state index >= 15 is 0 Å². The number of pyridine rings is 1. The predicted molar refractivity (Wildman–Crippen MR) is 79.4 cm³/mol. The van der Waals surface area contributed by atoms with Crippen LogP contribution >= 0.6 is 0 Å². The Labute approximate surface area is 125 Å². The van der Waals surface area contributed by atoms with Crippen LogP contribution in [0.2, 0.25) is 0 Å². The summed E-state index contributed by atoms with van der Waals surface area (Å²) < 4.78 is 6.14. The van der Waals surface area contributed by atoms with E-state index in [9.17, 15) is 19.7 Å². The SMILES string of the molecule is COc1cccc(C(=O)Cn2c(C)c([N+](=O)[O-])ccc2=O)c1. The highest BCUT2D eigenvalue weighted by atomic mass is 16.6. The maximum atomic E-state index is 12.3. The standard InChI is InChI=1S/C15H14N2O5/c1-10-13(17(20)21)6-7-15(19)16(10)9-14(18)11-4-3-5-12(8-11)22-2/h3-8H,9H2,1-2H3. The largest absolute Gasteiger partial charge is 0.497 e. The van der Waals surface area contributed by atoms with Crippen molar-refractivity contribution in [2.45, 2.75) is 13.5 Å². The van der Waals surface area contributed by atoms with Crippen molar-refractivity contribution in [1.82, 2.24) is 4.57 Å². The number of ketones is 1. The van der Waals surface area contributed by atoms with Gasteiger partial charge in [-0.3, -0.25) is 24.3 Å². The van der Waals surface area contributed by atoms with E-state index in [1.165, 1.54) is 14.0 Å². The zero-order valence-corrected chi connectivity index (χ0v) is 12.1. The summed E-state index contributed by atoms with van der Waals surface area (Å²) in [4.78, 5) is 34.5. The number of hydrogen-bond donors (Lipinski definition) is 0. The highest BCUT2D eigenvalue weighted by Gasteiger charge is 2.17. The molecule has 0 aliphatic heterocycles. The minimum Gasteiger partial charge on any atom is -0.497 e. The van der Waals surface area contributed by atoms with Crippen LogP contribution in [0.25, 0.3) is 0 Å². The number of methoxy groups -OCH3 is 1. The zero-order valence-electron chi connectivity index (χ0n) is 12.1. The van der Waals surface area contributed by atoms with Crippen molar-refractivity contribution in [3.63, 3.8) is 0 Å². The number of benzene rings is 1. The molecule has 1 aromatic carbocycles. The third kappa shape index (κ3) is 3.03. The molecule has 0 aliphatic carbocycles. The van der Waals surface area contributed by atoms with Gasteiger partial charge in [0, 0.05) is 17.7 Å². The van der Waals surface area contributed by atoms with Crippen LogP contribution in [0.15, 0.2) is 41.2 Å². The van der Waals surface area contributed by atoms with E-state index in [0.717, 1.165) is 16.7 Å². The molecule has 0 amide bonds. The summed E-state index contributed by atoms with van der Waals surface area (Å²) in [7, 11) is 1.48. The summed E-state index contributed by atoms with van der Waals surface area (Å²) in [5.74, 6) is 0.193. The molecular weight excluding hydrogens is 288 g/mol. The summed E-state index contributed by atoms with van der Waals surface area (Å²) in [6, 6.07) is 8.74. The Morgan fingerprint density at radius 3 is 2.68 bits per heavy atom. The molecule has 2 rings (SSSR count). The molecule has 0 unspecified atom stereocenters. The van der Waals surface area contributed by atoms with E-state index in [1.54, 1.807) is 24.3 Å². The van der Waals surface area contributed by atoms with E-state index < -0.39 is 10.5 Å². The van der Waals surface area contributed by atoms with Gasteiger partial charge in [-0.1, -0.05) is 12.1 Å². The lowest BCUT2D eigenvalue weighted by atomic mass is 10.1. The van der Waals surface area contributed by atoms with Crippen molar-refractivity contribution in [3.8, 4) is 5.75 Å². The van der Waals surface area contributed by atoms with Gasteiger partial charge in [-0.05, 0) is 19.1 Å². The molecule has 0 spiro atoms. The molecule has 1 aromatic heterocycles. The number of ether oxygens (including phenoxy) is 1. The predicted octanol–water partition coefficient (Wildman–Crippen LogP) is 1.96. The van der Waals surface area contributed by atoms with Crippen molar-refractivity contribution in [1.29, 1.82) is 0 Å². The highest BCUT2D eigenvalue weighted by molar-refractivity contribution is 5.96. The number of nitrogens with zero attached hydrogens (tertiary/aromatic N) is 2. The van der Waals surface area contributed by atoms with Crippen LogP contribution in [0.3, 0.4) is 0 Å². The molecule has 114 valence electrons. The van der Waals surface area contributed by atoms with Gasteiger partial charge in [-0.2, -0.15) is 0 Å². The van der Waals surface area contributed by atoms with E-state index in [0.29, 0.717) is 11.3 Å². The zero-order chi connectivity index (χ0) is 16.3. The molecule has 0 N–H and O–H groups in total. The van der Waals surface area contributed by atoms with E-state index in [1.807, 2.05) is 0 Å². The fraction of sp³-hybridized carbons (Fsp3) is 0.200. The van der Waals surface area contributed by atoms with Crippen molar-refractivity contribution < 1.29 is 14.5 Å². The van der Waals surface area contributed by atoms with Crippen molar-refractivity contribution in [3.05, 3.63) is 68.1 Å². The van der Waals surface area contributed by atoms with Crippen LogP contribution in [-0.2, 0) is 6.54 Å². The number of carbonyl (C=O) groups excluding carboxylic acids is 1. The van der Waals surface area contributed by atoms with Crippen LogP contribution in [0.1, 0.15) is 16.1 Å². The first kappa shape index (κ1) is 15.4. The van der Waals surface area contributed by atoms with Gasteiger partial charge >= 0.3 is 0 Å². The Balaban J connectivity index is 2.38. The Hall–Kier alpha value is -2.96. The summed E-state index contributed by atoms with van der Waals surface area (Å²) >= 11 is 0. The van der Waals surface area contributed by atoms with Gasteiger partial charge in [0.1, 0.15) is 5.75 Å². The molecular formula is C15H14N2O5. The van der Waals surface area contributed by atoms with E-state index in [-0.39, 0.29) is 23.7 Å². The second-order valence-corrected chi connectivity index (χ2v) is 4.64. The van der Waals surface area contributed by atoms with Crippen molar-refractivity contribution >= 4 is 11.5 Å². The van der Waals surface area contributed by atoms with Crippen LogP contribution < -0.4 is 10.3 Å². The average Bonchev–Trinajstić information content (AvgIpc) is 2.50. The lowest BCUT2D eigenvalue weighted by Gasteiger charge is -2.09. The minimum absolute atomic E-state index is 0.147. The average molecular weight is 302 g/mol. The van der Waals surface area contributed by atoms with Gasteiger partial charge in [0.25, 0.3) is 11.2 Å². The number of hydrogen-bond acceptors (Lipinski definition) is 5. The van der Waals surface area contributed by atoms with E-state index in [2.05, 4.69) is 0 Å². The summed E-state index contributed by atoms with van der Waals surface area (Å²) in [5.41, 5.74) is -0.136. The van der Waals surface area contributed by atoms with Gasteiger partial charge in [0.2, 0.25) is 0 Å². The number of nitro groups is 1. The van der Waals surface area contributed by atoms with Crippen molar-refractivity contribution in [2.24, 2.45) is 0 Å². The van der Waals surface area contributed by atoms with Gasteiger partial charge in [0.15, 0.2) is 5.78 Å². The lowest BCUT2D eigenvalue weighted by Crippen LogP contribution is -2.26. The van der Waals surface area contributed by atoms with Crippen LogP contribution in [0.4, 0.5) is 5.69 Å².